The summed E-state index contributed by atoms with van der Waals surface area (Å²) in [5.41, 5.74) is 0.982. The van der Waals surface area contributed by atoms with E-state index in [1.54, 1.807) is 7.11 Å². The second kappa shape index (κ2) is 5.16. The molecule has 1 unspecified atom stereocenters. The van der Waals surface area contributed by atoms with E-state index in [1.807, 2.05) is 12.1 Å². The smallest absolute Gasteiger partial charge is 0.137 e. The molecule has 0 N–H and O–H groups in total. The molecule has 1 nitrogen and oxygen atoms in total. The van der Waals surface area contributed by atoms with E-state index in [4.69, 9.17) is 27.9 Å². The van der Waals surface area contributed by atoms with E-state index >= 15 is 0 Å². The maximum absolute atomic E-state index is 6.41. The highest BCUT2D eigenvalue weighted by atomic mass is 79.9. The summed E-state index contributed by atoms with van der Waals surface area (Å²) in [6.45, 7) is 0. The Bertz CT molecular complexity index is 391. The van der Waals surface area contributed by atoms with Crippen LogP contribution in [-0.2, 0) is 0 Å². The van der Waals surface area contributed by atoms with Crippen molar-refractivity contribution < 1.29 is 4.74 Å². The van der Waals surface area contributed by atoms with Crippen molar-refractivity contribution in [2.24, 2.45) is 5.92 Å². The van der Waals surface area contributed by atoms with Gasteiger partial charge in [-0.3, -0.25) is 0 Å². The van der Waals surface area contributed by atoms with Crippen LogP contribution in [0, 0.1) is 5.92 Å². The highest BCUT2D eigenvalue weighted by molar-refractivity contribution is 9.10. The molecule has 0 radical (unpaired) electrons. The van der Waals surface area contributed by atoms with Gasteiger partial charge in [-0.05, 0) is 40.4 Å². The summed E-state index contributed by atoms with van der Waals surface area (Å²) >= 11 is 15.9. The molecule has 1 atom stereocenters. The Morgan fingerprint density at radius 2 is 2.19 bits per heavy atom. The van der Waals surface area contributed by atoms with Crippen LogP contribution in [0.3, 0.4) is 0 Å². The van der Waals surface area contributed by atoms with Gasteiger partial charge in [0.25, 0.3) is 0 Å². The van der Waals surface area contributed by atoms with Gasteiger partial charge in [0.1, 0.15) is 5.75 Å². The number of hydrogen-bond acceptors (Lipinski definition) is 1. The minimum Gasteiger partial charge on any atom is -0.495 e. The van der Waals surface area contributed by atoms with Crippen LogP contribution in [0.1, 0.15) is 30.2 Å². The van der Waals surface area contributed by atoms with Gasteiger partial charge in [-0.1, -0.05) is 24.4 Å². The highest BCUT2D eigenvalue weighted by Gasteiger charge is 2.27. The molecule has 0 spiro atoms. The first kappa shape index (κ1) is 12.5. The molecule has 2 rings (SSSR count). The molecular weight excluding hydrogens is 311 g/mol. The summed E-state index contributed by atoms with van der Waals surface area (Å²) < 4.78 is 6.22. The molecule has 16 heavy (non-hydrogen) atoms. The van der Waals surface area contributed by atoms with Crippen LogP contribution in [-0.4, -0.2) is 7.11 Å². The summed E-state index contributed by atoms with van der Waals surface area (Å²) in [5.74, 6) is 1.58. The molecule has 1 aromatic rings. The number of benzene rings is 1. The van der Waals surface area contributed by atoms with Crippen molar-refractivity contribution in [2.45, 2.75) is 24.6 Å². The Labute approximate surface area is 114 Å². The Morgan fingerprint density at radius 1 is 1.50 bits per heavy atom. The van der Waals surface area contributed by atoms with E-state index in [0.717, 1.165) is 28.1 Å². The Balaban J connectivity index is 2.28. The molecule has 0 amide bonds. The zero-order chi connectivity index (χ0) is 11.7. The monoisotopic (exact) mass is 322 g/mol. The minimum absolute atomic E-state index is 0.0163. The zero-order valence-electron chi connectivity index (χ0n) is 8.97. The number of methoxy groups -OCH3 is 1. The van der Waals surface area contributed by atoms with Crippen molar-refractivity contribution in [3.8, 4) is 5.75 Å². The molecule has 88 valence electrons. The average molecular weight is 324 g/mol. The van der Waals surface area contributed by atoms with Crippen molar-refractivity contribution in [3.05, 3.63) is 27.2 Å². The first-order valence-corrected chi connectivity index (χ1v) is 6.89. The second-order valence-corrected chi connectivity index (χ2v) is 5.97. The SMILES string of the molecule is COc1c(Br)cc(Cl)cc1C(Cl)CC1CC1. The normalized spacial score (nSPS) is 17.2. The number of ether oxygens (including phenoxy) is 1. The lowest BCUT2D eigenvalue weighted by molar-refractivity contribution is 0.405. The van der Waals surface area contributed by atoms with Crippen LogP contribution in [0.4, 0.5) is 0 Å². The van der Waals surface area contributed by atoms with Crippen LogP contribution >= 0.6 is 39.1 Å². The molecule has 0 saturated heterocycles. The lowest BCUT2D eigenvalue weighted by Gasteiger charge is -2.15. The third-order valence-corrected chi connectivity index (χ3v) is 4.04. The molecule has 1 aliphatic carbocycles. The van der Waals surface area contributed by atoms with Crippen LogP contribution in [0.2, 0.25) is 5.02 Å². The fourth-order valence-corrected chi connectivity index (χ4v) is 3.21. The topological polar surface area (TPSA) is 9.23 Å². The van der Waals surface area contributed by atoms with Crippen LogP contribution < -0.4 is 4.74 Å². The number of rotatable bonds is 4. The molecule has 0 heterocycles. The van der Waals surface area contributed by atoms with Gasteiger partial charge in [-0.25, -0.2) is 0 Å². The molecule has 1 aliphatic rings. The van der Waals surface area contributed by atoms with E-state index in [9.17, 15) is 0 Å². The summed E-state index contributed by atoms with van der Waals surface area (Å²) in [4.78, 5) is 0. The van der Waals surface area contributed by atoms with E-state index < -0.39 is 0 Å². The van der Waals surface area contributed by atoms with Gasteiger partial charge in [0.05, 0.1) is 17.0 Å². The van der Waals surface area contributed by atoms with E-state index in [0.29, 0.717) is 5.02 Å². The lowest BCUT2D eigenvalue weighted by atomic mass is 10.1. The maximum atomic E-state index is 6.41. The van der Waals surface area contributed by atoms with Gasteiger partial charge in [-0.2, -0.15) is 0 Å². The van der Waals surface area contributed by atoms with Gasteiger partial charge in [0.15, 0.2) is 0 Å². The molecule has 1 fully saturated rings. The van der Waals surface area contributed by atoms with Crippen molar-refractivity contribution >= 4 is 39.1 Å². The fraction of sp³-hybridized carbons (Fsp3) is 0.500. The second-order valence-electron chi connectivity index (χ2n) is 4.16. The third kappa shape index (κ3) is 2.85. The largest absolute Gasteiger partial charge is 0.495 e. The third-order valence-electron chi connectivity index (χ3n) is 2.82. The predicted octanol–water partition coefficient (Wildman–Crippen LogP) is 5.19. The summed E-state index contributed by atoms with van der Waals surface area (Å²) in [6.07, 6.45) is 3.60. The van der Waals surface area contributed by atoms with Crippen molar-refractivity contribution in [2.75, 3.05) is 7.11 Å². The summed E-state index contributed by atoms with van der Waals surface area (Å²) in [6, 6.07) is 3.72. The van der Waals surface area contributed by atoms with Gasteiger partial charge < -0.3 is 4.74 Å². The molecule has 1 saturated carbocycles. The predicted molar refractivity (Wildman–Crippen MR) is 71.6 cm³/mol. The first-order valence-electron chi connectivity index (χ1n) is 5.28. The lowest BCUT2D eigenvalue weighted by Crippen LogP contribution is -1.98. The van der Waals surface area contributed by atoms with Crippen LogP contribution in [0.15, 0.2) is 16.6 Å². The molecular formula is C12H13BrCl2O. The number of alkyl halides is 1. The summed E-state index contributed by atoms with van der Waals surface area (Å²) in [7, 11) is 1.65. The van der Waals surface area contributed by atoms with Crippen molar-refractivity contribution in [1.29, 1.82) is 0 Å². The Hall–Kier alpha value is 0.0800. The van der Waals surface area contributed by atoms with Crippen molar-refractivity contribution in [3.63, 3.8) is 0 Å². The van der Waals surface area contributed by atoms with Gasteiger partial charge >= 0.3 is 0 Å². The van der Waals surface area contributed by atoms with Gasteiger partial charge in [0, 0.05) is 10.6 Å². The minimum atomic E-state index is -0.0163. The molecule has 0 aliphatic heterocycles. The van der Waals surface area contributed by atoms with Gasteiger partial charge in [0.2, 0.25) is 0 Å². The first-order chi connectivity index (χ1) is 7.61. The molecule has 1 aromatic carbocycles. The molecule has 0 aromatic heterocycles. The van der Waals surface area contributed by atoms with Crippen LogP contribution in [0.5, 0.6) is 5.75 Å². The standard InChI is InChI=1S/C12H13BrCl2O/c1-16-12-9(5-8(14)6-10(12)13)11(15)4-7-2-3-7/h5-7,11H,2-4H2,1H3. The summed E-state index contributed by atoms with van der Waals surface area (Å²) in [5, 5.41) is 0.668. The van der Waals surface area contributed by atoms with Crippen molar-refractivity contribution in [1.82, 2.24) is 0 Å². The zero-order valence-corrected chi connectivity index (χ0v) is 12.1. The fourth-order valence-electron chi connectivity index (χ4n) is 1.80. The van der Waals surface area contributed by atoms with E-state index in [-0.39, 0.29) is 5.38 Å². The molecule has 4 heteroatoms. The average Bonchev–Trinajstić information content (AvgIpc) is 3.00. The Kier molecular flexibility index (Phi) is 4.04. The number of hydrogen-bond donors (Lipinski definition) is 0. The van der Waals surface area contributed by atoms with E-state index in [1.165, 1.54) is 12.8 Å². The van der Waals surface area contributed by atoms with Gasteiger partial charge in [-0.15, -0.1) is 11.6 Å². The Morgan fingerprint density at radius 3 is 2.75 bits per heavy atom. The number of halogens is 3. The van der Waals surface area contributed by atoms with E-state index in [2.05, 4.69) is 15.9 Å². The van der Waals surface area contributed by atoms with Crippen LogP contribution in [0.25, 0.3) is 0 Å². The highest BCUT2D eigenvalue weighted by Crippen LogP contribution is 2.45. The quantitative estimate of drug-likeness (QED) is 0.693. The maximum Gasteiger partial charge on any atom is 0.137 e. The molecule has 0 bridgehead atoms.